The topological polar surface area (TPSA) is 8.17 Å². The van der Waals surface area contributed by atoms with Gasteiger partial charge >= 0.3 is 0 Å². The molecular weight excluding hydrogens is 773 g/mol. The minimum Gasteiger partial charge on any atom is -0.311 e. The highest BCUT2D eigenvalue weighted by Crippen LogP contribution is 2.43. The second-order valence-electron chi connectivity index (χ2n) is 16.5. The number of para-hydroxylation sites is 1. The summed E-state index contributed by atoms with van der Waals surface area (Å²) < 4.78 is 2.45. The van der Waals surface area contributed by atoms with E-state index in [4.69, 9.17) is 0 Å². The lowest BCUT2D eigenvalue weighted by Gasteiger charge is -2.26. The zero-order chi connectivity index (χ0) is 42.4. The molecule has 12 rings (SSSR count). The fourth-order valence-corrected chi connectivity index (χ4v) is 9.74. The standard InChI is InChI=1S/C62H42N2/c1-3-14-43(15-4-1)45-28-35-51(36-29-45)63(52-37-30-46(31-38-52)44-16-5-2-6-17-44)53-39-32-47(33-40-53)50-21-11-22-54(42-50)64-59-27-10-9-24-58(59)62-60(64)41-34-49-20-13-26-57(61(49)62)56-25-12-19-48-18-7-8-23-55(48)56/h1-42H. The lowest BCUT2D eigenvalue weighted by molar-refractivity contribution is 1.18. The van der Waals surface area contributed by atoms with Gasteiger partial charge in [-0.25, -0.2) is 0 Å². The zero-order valence-electron chi connectivity index (χ0n) is 35.1. The molecule has 0 amide bonds. The highest BCUT2D eigenvalue weighted by atomic mass is 15.1. The first-order valence-electron chi connectivity index (χ1n) is 22.0. The number of aromatic nitrogens is 1. The summed E-state index contributed by atoms with van der Waals surface area (Å²) in [7, 11) is 0. The largest absolute Gasteiger partial charge is 0.311 e. The van der Waals surface area contributed by atoms with E-state index < -0.39 is 0 Å². The Labute approximate surface area is 373 Å². The van der Waals surface area contributed by atoms with Crippen molar-refractivity contribution in [2.75, 3.05) is 4.90 Å². The van der Waals surface area contributed by atoms with Crippen LogP contribution in [0.5, 0.6) is 0 Å². The van der Waals surface area contributed by atoms with E-state index in [0.717, 1.165) is 33.9 Å². The van der Waals surface area contributed by atoms with Crippen LogP contribution in [-0.4, -0.2) is 4.57 Å². The van der Waals surface area contributed by atoms with E-state index in [1.165, 1.54) is 76.7 Å². The van der Waals surface area contributed by atoms with Crippen LogP contribution in [0.4, 0.5) is 17.1 Å². The van der Waals surface area contributed by atoms with Crippen molar-refractivity contribution in [3.05, 3.63) is 255 Å². The van der Waals surface area contributed by atoms with E-state index in [1.807, 2.05) is 0 Å². The summed E-state index contributed by atoms with van der Waals surface area (Å²) in [5, 5.41) is 7.57. The van der Waals surface area contributed by atoms with Crippen LogP contribution >= 0.6 is 0 Å². The molecule has 2 nitrogen and oxygen atoms in total. The van der Waals surface area contributed by atoms with Crippen molar-refractivity contribution in [3.63, 3.8) is 0 Å². The Balaban J connectivity index is 0.947. The summed E-state index contributed by atoms with van der Waals surface area (Å²) in [4.78, 5) is 2.35. The monoisotopic (exact) mass is 814 g/mol. The van der Waals surface area contributed by atoms with Gasteiger partial charge in [0.25, 0.3) is 0 Å². The predicted octanol–water partition coefficient (Wildman–Crippen LogP) is 17.2. The van der Waals surface area contributed by atoms with Gasteiger partial charge in [-0.1, -0.05) is 194 Å². The van der Waals surface area contributed by atoms with Crippen LogP contribution < -0.4 is 4.90 Å². The average molecular weight is 815 g/mol. The molecule has 11 aromatic carbocycles. The van der Waals surface area contributed by atoms with Crippen LogP contribution in [0.1, 0.15) is 0 Å². The molecule has 0 spiro atoms. The van der Waals surface area contributed by atoms with Crippen molar-refractivity contribution in [1.82, 2.24) is 4.57 Å². The van der Waals surface area contributed by atoms with E-state index in [1.54, 1.807) is 0 Å². The smallest absolute Gasteiger partial charge is 0.0547 e. The van der Waals surface area contributed by atoms with E-state index in [-0.39, 0.29) is 0 Å². The Kier molecular flexibility index (Phi) is 9.20. The third-order valence-electron chi connectivity index (χ3n) is 12.8. The van der Waals surface area contributed by atoms with Gasteiger partial charge in [0.2, 0.25) is 0 Å². The van der Waals surface area contributed by atoms with Crippen LogP contribution in [0.25, 0.3) is 93.5 Å². The molecule has 1 heterocycles. The molecule has 0 saturated heterocycles. The molecule has 0 N–H and O–H groups in total. The number of rotatable bonds is 8. The van der Waals surface area contributed by atoms with Crippen molar-refractivity contribution >= 4 is 60.4 Å². The van der Waals surface area contributed by atoms with Gasteiger partial charge in [0.1, 0.15) is 0 Å². The first-order chi connectivity index (χ1) is 31.7. The molecule has 300 valence electrons. The maximum absolute atomic E-state index is 2.45. The first-order valence-corrected chi connectivity index (χ1v) is 22.0. The van der Waals surface area contributed by atoms with E-state index >= 15 is 0 Å². The molecule has 0 aliphatic heterocycles. The Morgan fingerprint density at radius 2 is 0.734 bits per heavy atom. The van der Waals surface area contributed by atoms with Crippen molar-refractivity contribution in [2.45, 2.75) is 0 Å². The molecule has 0 atom stereocenters. The third-order valence-corrected chi connectivity index (χ3v) is 12.8. The number of benzene rings is 11. The quantitative estimate of drug-likeness (QED) is 0.148. The number of hydrogen-bond donors (Lipinski definition) is 0. The summed E-state index contributed by atoms with van der Waals surface area (Å²) in [6.07, 6.45) is 0. The molecule has 2 heteroatoms. The predicted molar refractivity (Wildman–Crippen MR) is 272 cm³/mol. The average Bonchev–Trinajstić information content (AvgIpc) is 3.72. The maximum atomic E-state index is 2.45. The van der Waals surface area contributed by atoms with Crippen LogP contribution in [0.2, 0.25) is 0 Å². The fraction of sp³-hybridized carbons (Fsp3) is 0. The molecule has 64 heavy (non-hydrogen) atoms. The Bertz CT molecular complexity index is 3540. The highest BCUT2D eigenvalue weighted by Gasteiger charge is 2.19. The maximum Gasteiger partial charge on any atom is 0.0547 e. The Morgan fingerprint density at radius 1 is 0.266 bits per heavy atom. The van der Waals surface area contributed by atoms with Gasteiger partial charge in [0.15, 0.2) is 0 Å². The van der Waals surface area contributed by atoms with Crippen molar-refractivity contribution in [1.29, 1.82) is 0 Å². The van der Waals surface area contributed by atoms with Crippen LogP contribution in [0.3, 0.4) is 0 Å². The van der Waals surface area contributed by atoms with Gasteiger partial charge in [-0.15, -0.1) is 0 Å². The van der Waals surface area contributed by atoms with Crippen LogP contribution in [0, 0.1) is 0 Å². The lowest BCUT2D eigenvalue weighted by atomic mass is 9.92. The molecule has 0 radical (unpaired) electrons. The van der Waals surface area contributed by atoms with Gasteiger partial charge < -0.3 is 9.47 Å². The highest BCUT2D eigenvalue weighted by molar-refractivity contribution is 6.25. The Hall–Kier alpha value is -8.46. The summed E-state index contributed by atoms with van der Waals surface area (Å²) >= 11 is 0. The van der Waals surface area contributed by atoms with Gasteiger partial charge in [-0.05, 0) is 127 Å². The molecule has 0 fully saturated rings. The van der Waals surface area contributed by atoms with Gasteiger partial charge in [0, 0.05) is 33.5 Å². The van der Waals surface area contributed by atoms with Crippen LogP contribution in [-0.2, 0) is 0 Å². The Morgan fingerprint density at radius 3 is 1.38 bits per heavy atom. The van der Waals surface area contributed by atoms with Crippen molar-refractivity contribution in [2.24, 2.45) is 0 Å². The summed E-state index contributed by atoms with van der Waals surface area (Å²) in [5.74, 6) is 0. The summed E-state index contributed by atoms with van der Waals surface area (Å²) in [6.45, 7) is 0. The minimum atomic E-state index is 1.09. The number of fused-ring (bicyclic) bond motifs is 6. The second-order valence-corrected chi connectivity index (χ2v) is 16.5. The summed E-state index contributed by atoms with van der Waals surface area (Å²) in [6, 6.07) is 92.5. The molecule has 0 aliphatic rings. The molecular formula is C62H42N2. The number of hydrogen-bond acceptors (Lipinski definition) is 1. The second kappa shape index (κ2) is 15.8. The molecule has 12 aromatic rings. The third kappa shape index (κ3) is 6.52. The molecule has 0 saturated carbocycles. The minimum absolute atomic E-state index is 1.09. The normalized spacial score (nSPS) is 11.4. The molecule has 0 aliphatic carbocycles. The van der Waals surface area contributed by atoms with Gasteiger partial charge in [-0.3, -0.25) is 0 Å². The number of nitrogens with zero attached hydrogens (tertiary/aromatic N) is 2. The van der Waals surface area contributed by atoms with E-state index in [2.05, 4.69) is 264 Å². The van der Waals surface area contributed by atoms with Crippen molar-refractivity contribution in [3.8, 4) is 50.2 Å². The number of anilines is 3. The SMILES string of the molecule is c1ccc(-c2ccc(N(c3ccc(-c4ccccc4)cc3)c3ccc(-c4cccc(-n5c6ccccc6c6c7c(-c8cccc9ccccc89)cccc7ccc65)c4)cc3)cc2)cc1. The van der Waals surface area contributed by atoms with Crippen LogP contribution in [0.15, 0.2) is 255 Å². The lowest BCUT2D eigenvalue weighted by Crippen LogP contribution is -2.09. The van der Waals surface area contributed by atoms with E-state index in [0.29, 0.717) is 0 Å². The fourth-order valence-electron chi connectivity index (χ4n) is 9.74. The molecule has 0 bridgehead atoms. The van der Waals surface area contributed by atoms with Crippen molar-refractivity contribution < 1.29 is 0 Å². The zero-order valence-corrected chi connectivity index (χ0v) is 35.1. The molecule has 0 unspecified atom stereocenters. The summed E-state index contributed by atoms with van der Waals surface area (Å²) in [5.41, 5.74) is 16.5. The van der Waals surface area contributed by atoms with Gasteiger partial charge in [-0.2, -0.15) is 0 Å². The van der Waals surface area contributed by atoms with E-state index in [9.17, 15) is 0 Å². The molecule has 1 aromatic heterocycles. The van der Waals surface area contributed by atoms with Gasteiger partial charge in [0.05, 0.1) is 11.0 Å². The first kappa shape index (κ1) is 37.3.